The highest BCUT2D eigenvalue weighted by atomic mass is 32.2. The van der Waals surface area contributed by atoms with Crippen molar-refractivity contribution in [3.8, 4) is 11.8 Å². The van der Waals surface area contributed by atoms with E-state index < -0.39 is 10.0 Å². The molecule has 0 bridgehead atoms. The summed E-state index contributed by atoms with van der Waals surface area (Å²) in [6.45, 7) is 2.82. The summed E-state index contributed by atoms with van der Waals surface area (Å²) in [4.78, 5) is 14.6. The van der Waals surface area contributed by atoms with Crippen molar-refractivity contribution in [3.63, 3.8) is 0 Å². The number of benzene rings is 2. The van der Waals surface area contributed by atoms with E-state index in [4.69, 9.17) is 4.74 Å². The van der Waals surface area contributed by atoms with E-state index in [1.165, 1.54) is 6.07 Å². The highest BCUT2D eigenvalue weighted by Crippen LogP contribution is 2.26. The Bertz CT molecular complexity index is 1150. The number of likely N-dealkylation sites (tertiary alicyclic amines) is 1. The quantitative estimate of drug-likeness (QED) is 0.646. The molecule has 2 heterocycles. The number of nitrogens with one attached hydrogen (secondary N) is 2. The van der Waals surface area contributed by atoms with Crippen molar-refractivity contribution in [1.29, 1.82) is 5.26 Å². The van der Waals surface area contributed by atoms with Gasteiger partial charge in [-0.3, -0.25) is 14.8 Å². The Labute approximate surface area is 194 Å². The van der Waals surface area contributed by atoms with Gasteiger partial charge in [-0.2, -0.15) is 5.26 Å². The van der Waals surface area contributed by atoms with Gasteiger partial charge in [0.1, 0.15) is 18.4 Å². The van der Waals surface area contributed by atoms with Gasteiger partial charge >= 0.3 is 0 Å². The normalized spacial score (nSPS) is 22.7. The largest absolute Gasteiger partial charge is 0.492 e. The minimum absolute atomic E-state index is 0.0159. The van der Waals surface area contributed by atoms with Crippen LogP contribution < -0.4 is 14.8 Å². The summed E-state index contributed by atoms with van der Waals surface area (Å²) in [7, 11) is -3.75. The summed E-state index contributed by atoms with van der Waals surface area (Å²) < 4.78 is 34.1. The zero-order chi connectivity index (χ0) is 23.4. The number of amides is 1. The van der Waals surface area contributed by atoms with Crippen molar-refractivity contribution in [3.05, 3.63) is 54.1 Å². The Morgan fingerprint density at radius 2 is 2.00 bits per heavy atom. The second-order valence-electron chi connectivity index (χ2n) is 8.52. The maximum Gasteiger partial charge on any atom is 0.262 e. The Hall–Kier alpha value is -3.09. The van der Waals surface area contributed by atoms with Crippen LogP contribution in [0.4, 0.5) is 5.69 Å². The first-order valence-electron chi connectivity index (χ1n) is 11.1. The lowest BCUT2D eigenvalue weighted by Gasteiger charge is -2.24. The monoisotopic (exact) mass is 468 g/mol. The van der Waals surface area contributed by atoms with Crippen molar-refractivity contribution in [2.75, 3.05) is 17.9 Å². The third kappa shape index (κ3) is 5.29. The fourth-order valence-corrected chi connectivity index (χ4v) is 5.40. The van der Waals surface area contributed by atoms with Gasteiger partial charge in [0.15, 0.2) is 0 Å². The van der Waals surface area contributed by atoms with Crippen LogP contribution in [0.5, 0.6) is 5.75 Å². The van der Waals surface area contributed by atoms with Gasteiger partial charge in [0.25, 0.3) is 10.0 Å². The third-order valence-electron chi connectivity index (χ3n) is 6.16. The molecule has 0 radical (unpaired) electrons. The highest BCUT2D eigenvalue weighted by molar-refractivity contribution is 7.92. The molecule has 2 aromatic rings. The fraction of sp³-hybridized carbons (Fsp3) is 0.417. The van der Waals surface area contributed by atoms with Gasteiger partial charge in [-0.25, -0.2) is 8.42 Å². The fourth-order valence-electron chi connectivity index (χ4n) is 4.32. The molecule has 0 unspecified atom stereocenters. The maximum atomic E-state index is 12.8. The number of hydrogen-bond acceptors (Lipinski definition) is 6. The molecule has 0 aromatic heterocycles. The van der Waals surface area contributed by atoms with Crippen LogP contribution in [-0.4, -0.2) is 50.5 Å². The lowest BCUT2D eigenvalue weighted by Crippen LogP contribution is -2.47. The molecular weight excluding hydrogens is 440 g/mol. The van der Waals surface area contributed by atoms with Crippen molar-refractivity contribution < 1.29 is 17.9 Å². The first-order valence-corrected chi connectivity index (χ1v) is 12.6. The molecule has 2 aromatic carbocycles. The lowest BCUT2D eigenvalue weighted by molar-refractivity contribution is -0.133. The van der Waals surface area contributed by atoms with Gasteiger partial charge < -0.3 is 9.64 Å². The smallest absolute Gasteiger partial charge is 0.262 e. The molecule has 33 heavy (non-hydrogen) atoms. The molecule has 174 valence electrons. The summed E-state index contributed by atoms with van der Waals surface area (Å²) in [5.74, 6) is 0.476. The average molecular weight is 469 g/mol. The van der Waals surface area contributed by atoms with Crippen LogP contribution in [0.15, 0.2) is 53.4 Å². The number of hydrogen-bond donors (Lipinski definition) is 2. The summed E-state index contributed by atoms with van der Waals surface area (Å²) in [5, 5.41) is 12.6. The van der Waals surface area contributed by atoms with Crippen LogP contribution in [0.1, 0.15) is 31.2 Å². The Morgan fingerprint density at radius 3 is 2.76 bits per heavy atom. The topological polar surface area (TPSA) is 112 Å². The molecule has 2 aliphatic rings. The molecule has 0 saturated carbocycles. The van der Waals surface area contributed by atoms with Gasteiger partial charge in [0.05, 0.1) is 17.0 Å². The van der Waals surface area contributed by atoms with E-state index in [1.54, 1.807) is 41.3 Å². The second kappa shape index (κ2) is 9.81. The van der Waals surface area contributed by atoms with Gasteiger partial charge in [0.2, 0.25) is 5.91 Å². The molecule has 4 rings (SSSR count). The van der Waals surface area contributed by atoms with Crippen molar-refractivity contribution in [2.24, 2.45) is 0 Å². The summed E-state index contributed by atoms with van der Waals surface area (Å²) >= 11 is 0. The van der Waals surface area contributed by atoms with Gasteiger partial charge in [-0.1, -0.05) is 24.3 Å². The van der Waals surface area contributed by atoms with Crippen LogP contribution in [-0.2, 0) is 14.8 Å². The molecule has 2 N–H and O–H groups in total. The number of nitrogens with zero attached hydrogens (tertiary/aromatic N) is 2. The maximum absolute atomic E-state index is 12.8. The van der Waals surface area contributed by atoms with E-state index in [0.717, 1.165) is 24.8 Å². The number of rotatable bonds is 7. The first-order chi connectivity index (χ1) is 15.9. The van der Waals surface area contributed by atoms with Gasteiger partial charge in [0, 0.05) is 24.3 Å². The van der Waals surface area contributed by atoms with E-state index in [0.29, 0.717) is 31.0 Å². The number of aryl methyl sites for hydroxylation is 1. The van der Waals surface area contributed by atoms with E-state index in [9.17, 15) is 18.5 Å². The number of sulfonamides is 1. The number of ether oxygens (including phenoxy) is 1. The SMILES string of the molecule is Cc1ccc(S(=O)(=O)Nc2ccccc2)cc1OC[C@H]1CC[C@@H](C(=O)N2CCC[C@H]2C#N)N1. The summed E-state index contributed by atoms with van der Waals surface area (Å²) in [5.41, 5.74) is 1.32. The van der Waals surface area contributed by atoms with E-state index >= 15 is 0 Å². The molecule has 2 fully saturated rings. The van der Waals surface area contributed by atoms with Crippen molar-refractivity contribution in [2.45, 2.75) is 55.6 Å². The van der Waals surface area contributed by atoms with Crippen LogP contribution >= 0.6 is 0 Å². The molecule has 0 aliphatic carbocycles. The van der Waals surface area contributed by atoms with Crippen LogP contribution in [0.2, 0.25) is 0 Å². The predicted molar refractivity (Wildman–Crippen MR) is 124 cm³/mol. The molecule has 3 atom stereocenters. The Balaban J connectivity index is 1.37. The van der Waals surface area contributed by atoms with Gasteiger partial charge in [-0.05, 0) is 56.4 Å². The van der Waals surface area contributed by atoms with Crippen molar-refractivity contribution >= 4 is 21.6 Å². The number of nitriles is 1. The molecule has 9 heteroatoms. The van der Waals surface area contributed by atoms with E-state index in [-0.39, 0.29) is 28.9 Å². The lowest BCUT2D eigenvalue weighted by atomic mass is 10.1. The standard InChI is InChI=1S/C24H28N4O4S/c1-17-9-11-21(33(30,31)27-18-6-3-2-4-7-18)14-23(17)32-16-19-10-12-22(26-19)24(29)28-13-5-8-20(28)15-25/h2-4,6-7,9,11,14,19-20,22,26-27H,5,8,10,12-13,16H2,1H3/t19-,20+,22+/m1/s1. The number of para-hydroxylation sites is 1. The molecule has 2 aliphatic heterocycles. The molecule has 0 spiro atoms. The summed E-state index contributed by atoms with van der Waals surface area (Å²) in [6, 6.07) is 15.1. The zero-order valence-corrected chi connectivity index (χ0v) is 19.3. The predicted octanol–water partition coefficient (Wildman–Crippen LogP) is 2.81. The van der Waals surface area contributed by atoms with E-state index in [1.807, 2.05) is 13.0 Å². The van der Waals surface area contributed by atoms with E-state index in [2.05, 4.69) is 16.1 Å². The molecule has 8 nitrogen and oxygen atoms in total. The zero-order valence-electron chi connectivity index (χ0n) is 18.5. The number of anilines is 1. The van der Waals surface area contributed by atoms with Crippen molar-refractivity contribution in [1.82, 2.24) is 10.2 Å². The Morgan fingerprint density at radius 1 is 1.21 bits per heavy atom. The molecular formula is C24H28N4O4S. The minimum Gasteiger partial charge on any atom is -0.492 e. The van der Waals surface area contributed by atoms with Crippen LogP contribution in [0.25, 0.3) is 0 Å². The first kappa shape index (κ1) is 23.1. The second-order valence-corrected chi connectivity index (χ2v) is 10.2. The average Bonchev–Trinajstić information content (AvgIpc) is 3.48. The van der Waals surface area contributed by atoms with Gasteiger partial charge in [-0.15, -0.1) is 0 Å². The number of carbonyl (C=O) groups excluding carboxylic acids is 1. The van der Waals surface area contributed by atoms with Crippen LogP contribution in [0.3, 0.4) is 0 Å². The van der Waals surface area contributed by atoms with Crippen LogP contribution in [0, 0.1) is 18.3 Å². The Kier molecular flexibility index (Phi) is 6.86. The third-order valence-corrected chi connectivity index (χ3v) is 7.54. The molecule has 2 saturated heterocycles. The molecule has 1 amide bonds. The summed E-state index contributed by atoms with van der Waals surface area (Å²) in [6.07, 6.45) is 3.06. The number of carbonyl (C=O) groups is 1. The minimum atomic E-state index is -3.75. The highest BCUT2D eigenvalue weighted by Gasteiger charge is 2.37.